The number of nitrogens with two attached hydrogens (primary N) is 1. The van der Waals surface area contributed by atoms with Gasteiger partial charge >= 0.3 is 11.7 Å². The van der Waals surface area contributed by atoms with Gasteiger partial charge in [-0.05, 0) is 49.1 Å². The van der Waals surface area contributed by atoms with Gasteiger partial charge in [0.15, 0.2) is 0 Å². The van der Waals surface area contributed by atoms with Crippen LogP contribution >= 0.6 is 0 Å². The summed E-state index contributed by atoms with van der Waals surface area (Å²) in [7, 11) is 1.29. The Labute approximate surface area is 155 Å². The summed E-state index contributed by atoms with van der Waals surface area (Å²) in [5.41, 5.74) is 7.85. The lowest BCUT2D eigenvalue weighted by atomic mass is 10.1. The van der Waals surface area contributed by atoms with Crippen LogP contribution in [0.1, 0.15) is 24.4 Å². The molecule has 140 valence electrons. The molecule has 7 heteroatoms. The summed E-state index contributed by atoms with van der Waals surface area (Å²) in [4.78, 5) is 24.5. The molecule has 0 unspecified atom stereocenters. The number of aromatic nitrogens is 2. The van der Waals surface area contributed by atoms with Crippen molar-refractivity contribution in [2.24, 2.45) is 5.73 Å². The Hall–Kier alpha value is -2.93. The summed E-state index contributed by atoms with van der Waals surface area (Å²) in [6.45, 7) is 0. The predicted octanol–water partition coefficient (Wildman–Crippen LogP) is 2.31. The van der Waals surface area contributed by atoms with E-state index in [9.17, 15) is 14.0 Å². The van der Waals surface area contributed by atoms with Crippen molar-refractivity contribution in [3.8, 4) is 5.69 Å². The molecule has 0 spiro atoms. The molecular formula is C20H20FN3O3. The van der Waals surface area contributed by atoms with Crippen molar-refractivity contribution in [2.75, 3.05) is 7.11 Å². The molecule has 0 radical (unpaired) electrons. The molecule has 6 nitrogen and oxygen atoms in total. The number of imidazole rings is 1. The van der Waals surface area contributed by atoms with Gasteiger partial charge in [-0.3, -0.25) is 13.9 Å². The third kappa shape index (κ3) is 3.04. The number of hydrogen-bond acceptors (Lipinski definition) is 4. The minimum absolute atomic E-state index is 0.139. The predicted molar refractivity (Wildman–Crippen MR) is 99.5 cm³/mol. The monoisotopic (exact) mass is 369 g/mol. The molecule has 1 aliphatic carbocycles. The summed E-state index contributed by atoms with van der Waals surface area (Å²) in [5.74, 6) is -0.911. The topological polar surface area (TPSA) is 79.2 Å². The number of rotatable bonds is 5. The average Bonchev–Trinajstić information content (AvgIpc) is 3.45. The number of nitrogens with zero attached hydrogens (tertiary/aromatic N) is 2. The number of para-hydroxylation sites is 1. The van der Waals surface area contributed by atoms with Crippen LogP contribution in [0.15, 0.2) is 47.3 Å². The van der Waals surface area contributed by atoms with Crippen LogP contribution in [0.3, 0.4) is 0 Å². The largest absolute Gasteiger partial charge is 0.468 e. The molecule has 1 aromatic heterocycles. The number of fused-ring (bicyclic) bond motifs is 1. The normalized spacial score (nSPS) is 15.1. The van der Waals surface area contributed by atoms with E-state index in [1.165, 1.54) is 17.7 Å². The zero-order valence-corrected chi connectivity index (χ0v) is 14.9. The quantitative estimate of drug-likeness (QED) is 0.700. The van der Waals surface area contributed by atoms with Crippen LogP contribution in [0.4, 0.5) is 4.39 Å². The average molecular weight is 369 g/mol. The Kier molecular flexibility index (Phi) is 4.31. The van der Waals surface area contributed by atoms with Gasteiger partial charge < -0.3 is 10.5 Å². The highest BCUT2D eigenvalue weighted by atomic mass is 19.1. The fourth-order valence-electron chi connectivity index (χ4n) is 3.42. The third-order valence-electron chi connectivity index (χ3n) is 4.91. The van der Waals surface area contributed by atoms with Crippen LogP contribution < -0.4 is 11.4 Å². The fraction of sp³-hybridized carbons (Fsp3) is 0.300. The van der Waals surface area contributed by atoms with Crippen molar-refractivity contribution in [2.45, 2.75) is 31.3 Å². The second-order valence-electron chi connectivity index (χ2n) is 6.83. The molecule has 27 heavy (non-hydrogen) atoms. The van der Waals surface area contributed by atoms with Gasteiger partial charge in [0.25, 0.3) is 0 Å². The highest BCUT2D eigenvalue weighted by Gasteiger charge is 2.30. The molecule has 2 aromatic carbocycles. The summed E-state index contributed by atoms with van der Waals surface area (Å²) >= 11 is 0. The summed E-state index contributed by atoms with van der Waals surface area (Å²) in [6.07, 6.45) is 2.18. The van der Waals surface area contributed by atoms with E-state index in [-0.39, 0.29) is 17.2 Å². The maximum absolute atomic E-state index is 14.5. The van der Waals surface area contributed by atoms with Crippen molar-refractivity contribution < 1.29 is 13.9 Å². The molecule has 0 saturated heterocycles. The molecule has 1 aliphatic rings. The maximum atomic E-state index is 14.5. The minimum Gasteiger partial charge on any atom is -0.468 e. The molecule has 4 rings (SSSR count). The third-order valence-corrected chi connectivity index (χ3v) is 4.91. The number of carbonyl (C=O) groups excluding carboxylic acids is 1. The van der Waals surface area contributed by atoms with Crippen molar-refractivity contribution in [3.05, 3.63) is 64.3 Å². The first kappa shape index (κ1) is 17.5. The van der Waals surface area contributed by atoms with Crippen LogP contribution in [-0.2, 0) is 16.0 Å². The van der Waals surface area contributed by atoms with E-state index in [1.807, 2.05) is 0 Å². The minimum atomic E-state index is -0.752. The van der Waals surface area contributed by atoms with Gasteiger partial charge in [-0.1, -0.05) is 18.2 Å². The molecule has 2 N–H and O–H groups in total. The SMILES string of the molecule is COC(=O)[C@@H](N)Cc1ccc(-n2c(=O)n(C3CC3)c3cccc(F)c32)cc1. The van der Waals surface area contributed by atoms with Gasteiger partial charge in [-0.15, -0.1) is 0 Å². The molecule has 1 saturated carbocycles. The van der Waals surface area contributed by atoms with Crippen LogP contribution in [0.5, 0.6) is 0 Å². The number of halogens is 1. The maximum Gasteiger partial charge on any atom is 0.334 e. The molecule has 1 heterocycles. The molecule has 1 fully saturated rings. The van der Waals surface area contributed by atoms with Gasteiger partial charge in [0.05, 0.1) is 18.3 Å². The summed E-state index contributed by atoms with van der Waals surface area (Å²) < 4.78 is 22.3. The standard InChI is InChI=1S/C20H20FN3O3/c1-27-19(25)16(22)11-12-5-7-14(8-6-12)24-18-15(21)3-2-4-17(18)23(20(24)26)13-9-10-13/h2-8,13,16H,9-11,22H2,1H3/t16-/m0/s1. The van der Waals surface area contributed by atoms with E-state index < -0.39 is 17.8 Å². The van der Waals surface area contributed by atoms with Gasteiger partial charge in [0, 0.05) is 6.04 Å². The van der Waals surface area contributed by atoms with Crippen LogP contribution in [0.25, 0.3) is 16.7 Å². The number of methoxy groups -OCH3 is 1. The van der Waals surface area contributed by atoms with Crippen molar-refractivity contribution >= 4 is 17.0 Å². The summed E-state index contributed by atoms with van der Waals surface area (Å²) in [6, 6.07) is 11.2. The highest BCUT2D eigenvalue weighted by molar-refractivity contribution is 5.79. The van der Waals surface area contributed by atoms with E-state index in [2.05, 4.69) is 4.74 Å². The Balaban J connectivity index is 1.76. The molecule has 1 atom stereocenters. The van der Waals surface area contributed by atoms with Crippen molar-refractivity contribution in [3.63, 3.8) is 0 Å². The zero-order valence-electron chi connectivity index (χ0n) is 14.9. The van der Waals surface area contributed by atoms with E-state index in [0.717, 1.165) is 18.4 Å². The zero-order chi connectivity index (χ0) is 19.1. The van der Waals surface area contributed by atoms with Crippen LogP contribution in [0.2, 0.25) is 0 Å². The molecular weight excluding hydrogens is 349 g/mol. The first-order valence-electron chi connectivity index (χ1n) is 8.85. The van der Waals surface area contributed by atoms with Gasteiger partial charge in [-0.2, -0.15) is 0 Å². The second kappa shape index (κ2) is 6.66. The van der Waals surface area contributed by atoms with Crippen LogP contribution in [-0.4, -0.2) is 28.3 Å². The summed E-state index contributed by atoms with van der Waals surface area (Å²) in [5, 5.41) is 0. The first-order valence-corrected chi connectivity index (χ1v) is 8.85. The lowest BCUT2D eigenvalue weighted by Gasteiger charge is -2.10. The molecule has 0 bridgehead atoms. The molecule has 0 amide bonds. The van der Waals surface area contributed by atoms with Gasteiger partial charge in [0.2, 0.25) is 0 Å². The number of ether oxygens (including phenoxy) is 1. The van der Waals surface area contributed by atoms with Gasteiger partial charge in [0.1, 0.15) is 17.4 Å². The van der Waals surface area contributed by atoms with Crippen LogP contribution in [0, 0.1) is 5.82 Å². The van der Waals surface area contributed by atoms with Crippen molar-refractivity contribution in [1.82, 2.24) is 9.13 Å². The molecule has 3 aromatic rings. The Bertz CT molecular complexity index is 1060. The molecule has 0 aliphatic heterocycles. The Morgan fingerprint density at radius 1 is 1.26 bits per heavy atom. The number of hydrogen-bond donors (Lipinski definition) is 1. The number of benzene rings is 2. The number of carbonyl (C=O) groups is 1. The van der Waals surface area contributed by atoms with Crippen molar-refractivity contribution in [1.29, 1.82) is 0 Å². The first-order chi connectivity index (χ1) is 13.0. The van der Waals surface area contributed by atoms with E-state index in [0.29, 0.717) is 17.6 Å². The van der Waals surface area contributed by atoms with Gasteiger partial charge in [-0.25, -0.2) is 9.18 Å². The van der Waals surface area contributed by atoms with E-state index in [1.54, 1.807) is 41.0 Å². The number of esters is 1. The highest BCUT2D eigenvalue weighted by Crippen LogP contribution is 2.37. The lowest BCUT2D eigenvalue weighted by Crippen LogP contribution is -2.33. The lowest BCUT2D eigenvalue weighted by molar-refractivity contribution is -0.142. The van der Waals surface area contributed by atoms with E-state index >= 15 is 0 Å². The Morgan fingerprint density at radius 3 is 2.59 bits per heavy atom. The second-order valence-corrected chi connectivity index (χ2v) is 6.83. The Morgan fingerprint density at radius 2 is 1.96 bits per heavy atom. The fourth-order valence-corrected chi connectivity index (χ4v) is 3.42. The van der Waals surface area contributed by atoms with E-state index in [4.69, 9.17) is 5.73 Å². The smallest absolute Gasteiger partial charge is 0.334 e.